The number of fused-ring (bicyclic) bond motifs is 1. The zero-order valence-corrected chi connectivity index (χ0v) is 11.2. The van der Waals surface area contributed by atoms with Crippen molar-refractivity contribution in [3.63, 3.8) is 0 Å². The summed E-state index contributed by atoms with van der Waals surface area (Å²) in [6.07, 6.45) is 4.21. The number of pyridine rings is 1. The Labute approximate surface area is 113 Å². The lowest BCUT2D eigenvalue weighted by molar-refractivity contribution is 0.529. The van der Waals surface area contributed by atoms with E-state index in [-0.39, 0.29) is 0 Å². The van der Waals surface area contributed by atoms with Gasteiger partial charge in [0.15, 0.2) is 0 Å². The van der Waals surface area contributed by atoms with E-state index in [1.54, 1.807) is 0 Å². The van der Waals surface area contributed by atoms with Gasteiger partial charge in [0.05, 0.1) is 0 Å². The molecule has 3 N–H and O–H groups in total. The maximum atomic E-state index is 5.83. The van der Waals surface area contributed by atoms with Crippen molar-refractivity contribution in [2.75, 3.05) is 5.73 Å². The Hall–Kier alpha value is -1.87. The zero-order chi connectivity index (χ0) is 13.2. The molecule has 1 unspecified atom stereocenters. The summed E-state index contributed by atoms with van der Waals surface area (Å²) in [6, 6.07) is 10.9. The number of aryl methyl sites for hydroxylation is 2. The van der Waals surface area contributed by atoms with Crippen molar-refractivity contribution >= 4 is 5.69 Å². The number of benzene rings is 1. The van der Waals surface area contributed by atoms with Gasteiger partial charge in [-0.05, 0) is 54.7 Å². The lowest BCUT2D eigenvalue weighted by Crippen LogP contribution is -2.18. The molecule has 19 heavy (non-hydrogen) atoms. The molecule has 2 aromatic rings. The lowest BCUT2D eigenvalue weighted by atomic mass is 10.1. The van der Waals surface area contributed by atoms with E-state index < -0.39 is 0 Å². The first-order valence-electron chi connectivity index (χ1n) is 6.75. The summed E-state index contributed by atoms with van der Waals surface area (Å²) in [6.45, 7) is 2.87. The molecule has 3 rings (SSSR count). The first-order chi connectivity index (χ1) is 9.22. The van der Waals surface area contributed by atoms with E-state index in [1.165, 1.54) is 16.7 Å². The van der Waals surface area contributed by atoms with Gasteiger partial charge in [-0.15, -0.1) is 0 Å². The third-order valence-electron chi connectivity index (χ3n) is 3.77. The minimum atomic E-state index is 0.442. The summed E-state index contributed by atoms with van der Waals surface area (Å²) >= 11 is 0. The van der Waals surface area contributed by atoms with Gasteiger partial charge in [-0.3, -0.25) is 4.98 Å². The van der Waals surface area contributed by atoms with E-state index in [4.69, 9.17) is 5.73 Å². The molecule has 0 radical (unpaired) electrons. The van der Waals surface area contributed by atoms with Crippen molar-refractivity contribution in [2.45, 2.75) is 32.4 Å². The number of anilines is 1. The Morgan fingerprint density at radius 2 is 2.21 bits per heavy atom. The van der Waals surface area contributed by atoms with Crippen LogP contribution < -0.4 is 11.1 Å². The highest BCUT2D eigenvalue weighted by Crippen LogP contribution is 2.32. The number of hydrogen-bond donors (Lipinski definition) is 2. The van der Waals surface area contributed by atoms with Crippen LogP contribution in [-0.2, 0) is 13.0 Å². The molecule has 3 nitrogen and oxygen atoms in total. The Morgan fingerprint density at radius 1 is 1.32 bits per heavy atom. The van der Waals surface area contributed by atoms with Crippen molar-refractivity contribution in [1.29, 1.82) is 0 Å². The van der Waals surface area contributed by atoms with E-state index in [2.05, 4.69) is 34.6 Å². The molecule has 0 aliphatic heterocycles. The maximum absolute atomic E-state index is 5.83. The van der Waals surface area contributed by atoms with E-state index in [9.17, 15) is 0 Å². The molecule has 1 aromatic heterocycles. The second-order valence-electron chi connectivity index (χ2n) is 5.24. The molecule has 0 amide bonds. The first kappa shape index (κ1) is 12.2. The van der Waals surface area contributed by atoms with Crippen LogP contribution in [0.25, 0.3) is 0 Å². The molecule has 0 saturated heterocycles. The number of rotatable bonds is 3. The number of nitrogens with zero attached hydrogens (tertiary/aromatic N) is 1. The molecule has 1 aromatic carbocycles. The van der Waals surface area contributed by atoms with E-state index in [0.29, 0.717) is 6.04 Å². The SMILES string of the molecule is Cc1ccc(CNC2CCc3cc(N)ccc32)cn1. The van der Waals surface area contributed by atoms with Crippen molar-refractivity contribution in [2.24, 2.45) is 0 Å². The van der Waals surface area contributed by atoms with Gasteiger partial charge in [-0.1, -0.05) is 12.1 Å². The summed E-state index contributed by atoms with van der Waals surface area (Å²) in [7, 11) is 0. The van der Waals surface area contributed by atoms with Gasteiger partial charge in [0.2, 0.25) is 0 Å². The van der Waals surface area contributed by atoms with Gasteiger partial charge in [0, 0.05) is 30.2 Å². The third-order valence-corrected chi connectivity index (χ3v) is 3.77. The molecular weight excluding hydrogens is 234 g/mol. The highest BCUT2D eigenvalue weighted by atomic mass is 14.9. The fraction of sp³-hybridized carbons (Fsp3) is 0.312. The molecule has 0 bridgehead atoms. The smallest absolute Gasteiger partial charge is 0.0372 e. The minimum Gasteiger partial charge on any atom is -0.399 e. The number of aromatic nitrogens is 1. The predicted octanol–water partition coefficient (Wildman–Crippen LogP) is 2.75. The first-order valence-corrected chi connectivity index (χ1v) is 6.75. The predicted molar refractivity (Wildman–Crippen MR) is 77.7 cm³/mol. The summed E-state index contributed by atoms with van der Waals surface area (Å²) in [5.74, 6) is 0. The fourth-order valence-corrected chi connectivity index (χ4v) is 2.69. The maximum Gasteiger partial charge on any atom is 0.0372 e. The molecule has 3 heteroatoms. The molecule has 98 valence electrons. The van der Waals surface area contributed by atoms with E-state index >= 15 is 0 Å². The van der Waals surface area contributed by atoms with Crippen LogP contribution >= 0.6 is 0 Å². The second-order valence-corrected chi connectivity index (χ2v) is 5.24. The van der Waals surface area contributed by atoms with Crippen molar-refractivity contribution < 1.29 is 0 Å². The average molecular weight is 253 g/mol. The largest absolute Gasteiger partial charge is 0.399 e. The average Bonchev–Trinajstić information content (AvgIpc) is 2.80. The second kappa shape index (κ2) is 5.02. The lowest BCUT2D eigenvalue weighted by Gasteiger charge is -2.14. The molecule has 0 saturated carbocycles. The van der Waals surface area contributed by atoms with Gasteiger partial charge >= 0.3 is 0 Å². The van der Waals surface area contributed by atoms with Crippen LogP contribution in [0, 0.1) is 6.92 Å². The number of hydrogen-bond acceptors (Lipinski definition) is 3. The summed E-state index contributed by atoms with van der Waals surface area (Å²) in [4.78, 5) is 4.32. The summed E-state index contributed by atoms with van der Waals surface area (Å²) in [5.41, 5.74) is 11.8. The fourth-order valence-electron chi connectivity index (χ4n) is 2.69. The third kappa shape index (κ3) is 2.61. The zero-order valence-electron chi connectivity index (χ0n) is 11.2. The van der Waals surface area contributed by atoms with Crippen LogP contribution in [0.2, 0.25) is 0 Å². The van der Waals surface area contributed by atoms with Crippen molar-refractivity contribution in [3.8, 4) is 0 Å². The van der Waals surface area contributed by atoms with E-state index in [0.717, 1.165) is 30.8 Å². The molecule has 1 aliphatic carbocycles. The topological polar surface area (TPSA) is 50.9 Å². The quantitative estimate of drug-likeness (QED) is 0.827. The molecular formula is C16H19N3. The minimum absolute atomic E-state index is 0.442. The van der Waals surface area contributed by atoms with Crippen molar-refractivity contribution in [3.05, 3.63) is 58.9 Å². The van der Waals surface area contributed by atoms with Gasteiger partial charge < -0.3 is 11.1 Å². The molecule has 1 aliphatic rings. The Balaban J connectivity index is 1.68. The van der Waals surface area contributed by atoms with Gasteiger partial charge in [-0.25, -0.2) is 0 Å². The van der Waals surface area contributed by atoms with Crippen molar-refractivity contribution in [1.82, 2.24) is 10.3 Å². The van der Waals surface area contributed by atoms with Crippen LogP contribution in [0.1, 0.15) is 34.8 Å². The van der Waals surface area contributed by atoms with Crippen LogP contribution in [0.3, 0.4) is 0 Å². The molecule has 1 atom stereocenters. The number of nitrogen functional groups attached to an aromatic ring is 1. The Kier molecular flexibility index (Phi) is 3.22. The van der Waals surface area contributed by atoms with Gasteiger partial charge in [0.25, 0.3) is 0 Å². The Morgan fingerprint density at radius 3 is 3.00 bits per heavy atom. The van der Waals surface area contributed by atoms with Crippen LogP contribution in [0.5, 0.6) is 0 Å². The highest BCUT2D eigenvalue weighted by Gasteiger charge is 2.21. The Bertz CT molecular complexity index is 575. The molecule has 0 spiro atoms. The van der Waals surface area contributed by atoms with E-state index in [1.807, 2.05) is 19.2 Å². The van der Waals surface area contributed by atoms with Crippen LogP contribution in [0.4, 0.5) is 5.69 Å². The summed E-state index contributed by atoms with van der Waals surface area (Å²) in [5, 5.41) is 3.61. The monoisotopic (exact) mass is 253 g/mol. The number of nitrogens with one attached hydrogen (secondary N) is 1. The van der Waals surface area contributed by atoms with Gasteiger partial charge in [0.1, 0.15) is 0 Å². The van der Waals surface area contributed by atoms with Crippen LogP contribution in [-0.4, -0.2) is 4.98 Å². The molecule has 1 heterocycles. The van der Waals surface area contributed by atoms with Crippen LogP contribution in [0.15, 0.2) is 36.5 Å². The normalized spacial score (nSPS) is 17.4. The van der Waals surface area contributed by atoms with Gasteiger partial charge in [-0.2, -0.15) is 0 Å². The molecule has 0 fully saturated rings. The summed E-state index contributed by atoms with van der Waals surface area (Å²) < 4.78 is 0. The highest BCUT2D eigenvalue weighted by molar-refractivity contribution is 5.47. The number of nitrogens with two attached hydrogens (primary N) is 1. The standard InChI is InChI=1S/C16H19N3/c1-11-2-3-12(9-18-11)10-19-16-7-4-13-8-14(17)5-6-15(13)16/h2-3,5-6,8-9,16,19H,4,7,10,17H2,1H3.